The van der Waals surface area contributed by atoms with Crippen LogP contribution in [0.3, 0.4) is 0 Å². The molecule has 0 spiro atoms. The third-order valence-electron chi connectivity index (χ3n) is 2.98. The maximum absolute atomic E-state index is 5.87. The molecule has 14 heavy (non-hydrogen) atoms. The number of rotatable bonds is 3. The summed E-state index contributed by atoms with van der Waals surface area (Å²) in [7, 11) is 2.16. The molecule has 0 aromatic rings. The molecule has 0 bridgehead atoms. The standard InChI is InChI=1S/C11H24N2O/c1-10(2,3)8-13(4)11(7-12)5-6-14-9-11/h5-9,12H2,1-4H3. The predicted molar refractivity (Wildman–Crippen MR) is 59.3 cm³/mol. The molecular weight excluding hydrogens is 176 g/mol. The van der Waals surface area contributed by atoms with Crippen LogP contribution in [-0.4, -0.2) is 43.8 Å². The Balaban J connectivity index is 2.60. The monoisotopic (exact) mass is 200 g/mol. The molecule has 1 atom stereocenters. The molecule has 0 saturated carbocycles. The smallest absolute Gasteiger partial charge is 0.0663 e. The minimum atomic E-state index is 0.0906. The van der Waals surface area contributed by atoms with Gasteiger partial charge in [0.15, 0.2) is 0 Å². The first-order valence-electron chi connectivity index (χ1n) is 5.39. The molecular formula is C11H24N2O. The molecule has 3 heteroatoms. The molecule has 1 aliphatic rings. The number of nitrogens with two attached hydrogens (primary N) is 1. The van der Waals surface area contributed by atoms with Crippen molar-refractivity contribution in [3.63, 3.8) is 0 Å². The lowest BCUT2D eigenvalue weighted by atomic mass is 9.90. The third kappa shape index (κ3) is 2.69. The second kappa shape index (κ2) is 4.17. The summed E-state index contributed by atoms with van der Waals surface area (Å²) in [5, 5.41) is 0. The van der Waals surface area contributed by atoms with Gasteiger partial charge >= 0.3 is 0 Å². The van der Waals surface area contributed by atoms with Crippen LogP contribution in [0.1, 0.15) is 27.2 Å². The first-order valence-corrected chi connectivity index (χ1v) is 5.39. The lowest BCUT2D eigenvalue weighted by molar-refractivity contribution is 0.0677. The summed E-state index contributed by atoms with van der Waals surface area (Å²) in [6.45, 7) is 10.2. The number of nitrogens with zero attached hydrogens (tertiary/aromatic N) is 1. The number of ether oxygens (including phenoxy) is 1. The molecule has 0 aromatic heterocycles. The number of likely N-dealkylation sites (N-methyl/N-ethyl adjacent to an activating group) is 1. The highest BCUT2D eigenvalue weighted by Gasteiger charge is 2.38. The van der Waals surface area contributed by atoms with Crippen molar-refractivity contribution in [1.82, 2.24) is 4.90 Å². The lowest BCUT2D eigenvalue weighted by Gasteiger charge is -2.40. The fourth-order valence-corrected chi connectivity index (χ4v) is 2.09. The average Bonchev–Trinajstić information content (AvgIpc) is 2.49. The highest BCUT2D eigenvalue weighted by molar-refractivity contribution is 4.94. The van der Waals surface area contributed by atoms with Gasteiger partial charge in [0.1, 0.15) is 0 Å². The van der Waals surface area contributed by atoms with Gasteiger partial charge in [0.2, 0.25) is 0 Å². The van der Waals surface area contributed by atoms with E-state index in [1.807, 2.05) is 0 Å². The van der Waals surface area contributed by atoms with Gasteiger partial charge in [-0.3, -0.25) is 4.90 Å². The summed E-state index contributed by atoms with van der Waals surface area (Å²) in [5.41, 5.74) is 6.28. The van der Waals surface area contributed by atoms with Gasteiger partial charge in [-0.05, 0) is 18.9 Å². The van der Waals surface area contributed by atoms with Crippen LogP contribution < -0.4 is 5.73 Å². The zero-order valence-corrected chi connectivity index (χ0v) is 9.97. The Morgan fingerprint density at radius 1 is 1.43 bits per heavy atom. The summed E-state index contributed by atoms with van der Waals surface area (Å²) < 4.78 is 5.47. The second-order valence-electron chi connectivity index (χ2n) is 5.65. The molecule has 2 N–H and O–H groups in total. The molecule has 1 rings (SSSR count). The van der Waals surface area contributed by atoms with Crippen molar-refractivity contribution in [1.29, 1.82) is 0 Å². The zero-order valence-electron chi connectivity index (χ0n) is 9.97. The first kappa shape index (κ1) is 12.0. The summed E-state index contributed by atoms with van der Waals surface area (Å²) in [5.74, 6) is 0. The molecule has 0 amide bonds. The Labute approximate surface area is 87.6 Å². The summed E-state index contributed by atoms with van der Waals surface area (Å²) >= 11 is 0. The molecule has 0 aromatic carbocycles. The van der Waals surface area contributed by atoms with Crippen LogP contribution in [0.25, 0.3) is 0 Å². The van der Waals surface area contributed by atoms with Gasteiger partial charge in [0.05, 0.1) is 12.1 Å². The molecule has 1 heterocycles. The number of hydrogen-bond donors (Lipinski definition) is 1. The van der Waals surface area contributed by atoms with Crippen LogP contribution in [0.15, 0.2) is 0 Å². The highest BCUT2D eigenvalue weighted by Crippen LogP contribution is 2.27. The summed E-state index contributed by atoms with van der Waals surface area (Å²) in [6.07, 6.45) is 1.07. The summed E-state index contributed by atoms with van der Waals surface area (Å²) in [4.78, 5) is 2.38. The molecule has 1 aliphatic heterocycles. The lowest BCUT2D eigenvalue weighted by Crippen LogP contribution is -2.54. The third-order valence-corrected chi connectivity index (χ3v) is 2.98. The van der Waals surface area contributed by atoms with Crippen LogP contribution in [0.5, 0.6) is 0 Å². The van der Waals surface area contributed by atoms with E-state index in [9.17, 15) is 0 Å². The quantitative estimate of drug-likeness (QED) is 0.741. The number of hydrogen-bond acceptors (Lipinski definition) is 3. The van der Waals surface area contributed by atoms with E-state index in [-0.39, 0.29) is 5.54 Å². The Morgan fingerprint density at radius 2 is 2.07 bits per heavy atom. The fraction of sp³-hybridized carbons (Fsp3) is 1.00. The van der Waals surface area contributed by atoms with E-state index in [0.29, 0.717) is 12.0 Å². The Kier molecular flexibility index (Phi) is 3.56. The first-order chi connectivity index (χ1) is 6.40. The van der Waals surface area contributed by atoms with Gasteiger partial charge in [-0.25, -0.2) is 0 Å². The van der Waals surface area contributed by atoms with E-state index in [1.54, 1.807) is 0 Å². The molecule has 84 valence electrons. The van der Waals surface area contributed by atoms with Gasteiger partial charge in [0, 0.05) is 19.7 Å². The van der Waals surface area contributed by atoms with Crippen molar-refractivity contribution < 1.29 is 4.74 Å². The Morgan fingerprint density at radius 3 is 2.43 bits per heavy atom. The largest absolute Gasteiger partial charge is 0.379 e. The van der Waals surface area contributed by atoms with Gasteiger partial charge in [-0.2, -0.15) is 0 Å². The van der Waals surface area contributed by atoms with E-state index in [2.05, 4.69) is 32.7 Å². The van der Waals surface area contributed by atoms with E-state index < -0.39 is 0 Å². The zero-order chi connectivity index (χ0) is 10.8. The molecule has 1 saturated heterocycles. The van der Waals surface area contributed by atoms with Crippen molar-refractivity contribution in [2.75, 3.05) is 33.4 Å². The van der Waals surface area contributed by atoms with Crippen LogP contribution in [-0.2, 0) is 4.74 Å². The van der Waals surface area contributed by atoms with E-state index >= 15 is 0 Å². The SMILES string of the molecule is CN(CC(C)(C)C)C1(CN)CCOC1. The molecule has 0 radical (unpaired) electrons. The molecule has 1 fully saturated rings. The molecule has 3 nitrogen and oxygen atoms in total. The van der Waals surface area contributed by atoms with Crippen LogP contribution >= 0.6 is 0 Å². The van der Waals surface area contributed by atoms with Crippen molar-refractivity contribution in [2.45, 2.75) is 32.7 Å². The molecule has 1 unspecified atom stereocenters. The van der Waals surface area contributed by atoms with Crippen LogP contribution in [0, 0.1) is 5.41 Å². The van der Waals surface area contributed by atoms with Gasteiger partial charge in [-0.15, -0.1) is 0 Å². The maximum atomic E-state index is 5.87. The normalized spacial score (nSPS) is 28.7. The van der Waals surface area contributed by atoms with Crippen molar-refractivity contribution in [3.8, 4) is 0 Å². The van der Waals surface area contributed by atoms with Crippen LogP contribution in [0.2, 0.25) is 0 Å². The van der Waals surface area contributed by atoms with Gasteiger partial charge < -0.3 is 10.5 Å². The van der Waals surface area contributed by atoms with Crippen molar-refractivity contribution in [2.24, 2.45) is 11.1 Å². The highest BCUT2D eigenvalue weighted by atomic mass is 16.5. The van der Waals surface area contributed by atoms with Crippen molar-refractivity contribution >= 4 is 0 Å². The van der Waals surface area contributed by atoms with Gasteiger partial charge in [0.25, 0.3) is 0 Å². The minimum absolute atomic E-state index is 0.0906. The van der Waals surface area contributed by atoms with E-state index in [4.69, 9.17) is 10.5 Å². The Bertz CT molecular complexity index is 180. The second-order valence-corrected chi connectivity index (χ2v) is 5.65. The van der Waals surface area contributed by atoms with Crippen LogP contribution in [0.4, 0.5) is 0 Å². The fourth-order valence-electron chi connectivity index (χ4n) is 2.09. The van der Waals surface area contributed by atoms with E-state index in [1.165, 1.54) is 0 Å². The predicted octanol–water partition coefficient (Wildman–Crippen LogP) is 1.08. The summed E-state index contributed by atoms with van der Waals surface area (Å²) in [6, 6.07) is 0. The average molecular weight is 200 g/mol. The van der Waals surface area contributed by atoms with E-state index in [0.717, 1.165) is 26.2 Å². The van der Waals surface area contributed by atoms with Crippen molar-refractivity contribution in [3.05, 3.63) is 0 Å². The molecule has 0 aliphatic carbocycles. The Hall–Kier alpha value is -0.120. The van der Waals surface area contributed by atoms with Gasteiger partial charge in [-0.1, -0.05) is 20.8 Å². The topological polar surface area (TPSA) is 38.5 Å². The maximum Gasteiger partial charge on any atom is 0.0663 e. The minimum Gasteiger partial charge on any atom is -0.379 e.